The molecular weight excluding hydrogens is 336 g/mol. The number of hydrogen-bond acceptors (Lipinski definition) is 7. The van der Waals surface area contributed by atoms with Gasteiger partial charge in [0, 0.05) is 58.3 Å². The van der Waals surface area contributed by atoms with Gasteiger partial charge in [-0.2, -0.15) is 0 Å². The summed E-state index contributed by atoms with van der Waals surface area (Å²) in [6.07, 6.45) is 0. The molecule has 1 N–H and O–H groups in total. The predicted molar refractivity (Wildman–Crippen MR) is 101 cm³/mol. The van der Waals surface area contributed by atoms with E-state index in [9.17, 15) is 14.4 Å². The third kappa shape index (κ3) is 3.61. The molecule has 0 unspecified atom stereocenters. The van der Waals surface area contributed by atoms with E-state index >= 15 is 0 Å². The fraction of sp³-hybridized carbons (Fsp3) is 0.722. The van der Waals surface area contributed by atoms with Gasteiger partial charge in [0.25, 0.3) is 10.9 Å². The van der Waals surface area contributed by atoms with E-state index in [-0.39, 0.29) is 11.4 Å². The molecule has 1 aromatic rings. The Balaban J connectivity index is 1.65. The van der Waals surface area contributed by atoms with Crippen molar-refractivity contribution in [3.8, 4) is 0 Å². The monoisotopic (exact) mass is 364 g/mol. The van der Waals surface area contributed by atoms with E-state index in [1.165, 1.54) is 0 Å². The molecule has 8 heteroatoms. The van der Waals surface area contributed by atoms with Crippen molar-refractivity contribution in [2.75, 3.05) is 69.2 Å². The number of nitrogens with zero attached hydrogens (tertiary/aromatic N) is 3. The van der Waals surface area contributed by atoms with Gasteiger partial charge < -0.3 is 19.9 Å². The van der Waals surface area contributed by atoms with Crippen molar-refractivity contribution >= 4 is 17.3 Å². The van der Waals surface area contributed by atoms with Crippen molar-refractivity contribution in [3.63, 3.8) is 0 Å². The predicted octanol–water partition coefficient (Wildman–Crippen LogP) is -0.526. The van der Waals surface area contributed by atoms with Gasteiger partial charge in [0.1, 0.15) is 11.4 Å². The molecule has 26 heavy (non-hydrogen) atoms. The maximum Gasteiger partial charge on any atom is 0.253 e. The molecule has 1 aromatic carbocycles. The molecule has 2 aliphatic rings. The number of carbonyl (C=O) groups is 1. The number of morpholine rings is 1. The van der Waals surface area contributed by atoms with Crippen molar-refractivity contribution in [3.05, 3.63) is 20.4 Å². The quantitative estimate of drug-likeness (QED) is 0.704. The van der Waals surface area contributed by atoms with E-state index < -0.39 is 10.9 Å². The van der Waals surface area contributed by atoms with Crippen LogP contribution >= 0.6 is 0 Å². The lowest BCUT2D eigenvalue weighted by molar-refractivity contribution is -0.129. The van der Waals surface area contributed by atoms with Crippen LogP contribution in [0.2, 0.25) is 0 Å². The number of anilines is 2. The second-order valence-corrected chi connectivity index (χ2v) is 7.64. The van der Waals surface area contributed by atoms with E-state index in [0.29, 0.717) is 44.1 Å². The molecule has 0 aliphatic carbocycles. The van der Waals surface area contributed by atoms with Crippen molar-refractivity contribution in [1.82, 2.24) is 9.80 Å². The van der Waals surface area contributed by atoms with Crippen molar-refractivity contribution in [1.29, 1.82) is 0 Å². The van der Waals surface area contributed by atoms with Crippen molar-refractivity contribution < 1.29 is 9.53 Å². The van der Waals surface area contributed by atoms with Crippen LogP contribution in [0.5, 0.6) is 0 Å². The lowest BCUT2D eigenvalue weighted by Crippen LogP contribution is -2.55. The number of amides is 1. The average molecular weight is 364 g/mol. The lowest BCUT2D eigenvalue weighted by Gasteiger charge is -2.41. The number of carbonyl (C=O) groups excluding carboxylic acids is 1. The minimum atomic E-state index is -0.438. The van der Waals surface area contributed by atoms with Crippen LogP contribution in [-0.2, 0) is 9.53 Å². The van der Waals surface area contributed by atoms with E-state index in [0.717, 1.165) is 26.3 Å². The van der Waals surface area contributed by atoms with Crippen LogP contribution in [0.25, 0.3) is 0 Å². The standard InChI is InChI=1S/C18H28N4O4/c1-13(23)20-4-6-21(7-5-20)15-14(16(24)17(15)25)19-12-18(2,3)22-8-10-26-11-9-22/h19H,4-12H2,1-3H3. The van der Waals surface area contributed by atoms with Gasteiger partial charge in [-0.3, -0.25) is 19.3 Å². The summed E-state index contributed by atoms with van der Waals surface area (Å²) in [6, 6.07) is 0. The fourth-order valence-corrected chi connectivity index (χ4v) is 3.68. The summed E-state index contributed by atoms with van der Waals surface area (Å²) in [5, 5.41) is 3.22. The Kier molecular flexibility index (Phi) is 5.34. The molecular formula is C18H28N4O4. The number of piperazine rings is 1. The SMILES string of the molecule is CC(=O)N1CCN(c2c(NCC(C)(C)N3CCOCC3)c(=O)c2=O)CC1. The molecule has 144 valence electrons. The highest BCUT2D eigenvalue weighted by atomic mass is 16.5. The summed E-state index contributed by atoms with van der Waals surface area (Å²) in [6.45, 7) is 11.8. The molecule has 2 aliphatic heterocycles. The maximum absolute atomic E-state index is 12.1. The molecule has 8 nitrogen and oxygen atoms in total. The second-order valence-electron chi connectivity index (χ2n) is 7.64. The third-order valence-corrected chi connectivity index (χ3v) is 5.49. The van der Waals surface area contributed by atoms with Crippen LogP contribution < -0.4 is 21.1 Å². The molecule has 2 saturated heterocycles. The number of rotatable bonds is 5. The molecule has 2 heterocycles. The summed E-state index contributed by atoms with van der Waals surface area (Å²) in [4.78, 5) is 41.7. The summed E-state index contributed by atoms with van der Waals surface area (Å²) in [7, 11) is 0. The zero-order valence-corrected chi connectivity index (χ0v) is 15.8. The van der Waals surface area contributed by atoms with Gasteiger partial charge in [-0.15, -0.1) is 0 Å². The van der Waals surface area contributed by atoms with E-state index in [1.54, 1.807) is 11.8 Å². The van der Waals surface area contributed by atoms with E-state index in [2.05, 4.69) is 24.1 Å². The molecule has 0 saturated carbocycles. The van der Waals surface area contributed by atoms with Gasteiger partial charge in [-0.1, -0.05) is 0 Å². The number of nitrogens with one attached hydrogen (secondary N) is 1. The Morgan fingerprint density at radius 2 is 1.65 bits per heavy atom. The van der Waals surface area contributed by atoms with Gasteiger partial charge in [-0.25, -0.2) is 0 Å². The highest BCUT2D eigenvalue weighted by molar-refractivity contribution is 5.77. The second kappa shape index (κ2) is 7.36. The van der Waals surface area contributed by atoms with Gasteiger partial charge in [0.2, 0.25) is 5.91 Å². The van der Waals surface area contributed by atoms with Crippen LogP contribution in [0.3, 0.4) is 0 Å². The lowest BCUT2D eigenvalue weighted by atomic mass is 10.0. The number of hydrogen-bond donors (Lipinski definition) is 1. The fourth-order valence-electron chi connectivity index (χ4n) is 3.68. The Bertz CT molecular complexity index is 724. The number of ether oxygens (including phenoxy) is 1. The first-order valence-corrected chi connectivity index (χ1v) is 9.22. The summed E-state index contributed by atoms with van der Waals surface area (Å²) >= 11 is 0. The molecule has 0 bridgehead atoms. The zero-order valence-electron chi connectivity index (χ0n) is 15.8. The molecule has 0 radical (unpaired) electrons. The third-order valence-electron chi connectivity index (χ3n) is 5.49. The summed E-state index contributed by atoms with van der Waals surface area (Å²) in [5.41, 5.74) is -0.1000. The van der Waals surface area contributed by atoms with Gasteiger partial charge in [0.05, 0.1) is 13.2 Å². The van der Waals surface area contributed by atoms with Crippen molar-refractivity contribution in [2.24, 2.45) is 0 Å². The Morgan fingerprint density at radius 1 is 1.04 bits per heavy atom. The smallest absolute Gasteiger partial charge is 0.253 e. The minimum absolute atomic E-state index is 0.0419. The van der Waals surface area contributed by atoms with Crippen LogP contribution in [-0.4, -0.2) is 80.3 Å². The zero-order chi connectivity index (χ0) is 18.9. The van der Waals surface area contributed by atoms with E-state index in [4.69, 9.17) is 4.74 Å². The molecule has 1 amide bonds. The summed E-state index contributed by atoms with van der Waals surface area (Å²) in [5.74, 6) is 0.0419. The molecule has 2 fully saturated rings. The molecule has 3 rings (SSSR count). The molecule has 0 atom stereocenters. The van der Waals surface area contributed by atoms with Gasteiger partial charge in [-0.05, 0) is 13.8 Å². The highest BCUT2D eigenvalue weighted by Crippen LogP contribution is 2.24. The average Bonchev–Trinajstić information content (AvgIpc) is 2.65. The van der Waals surface area contributed by atoms with E-state index in [1.807, 2.05) is 4.90 Å². The normalized spacial score (nSPS) is 19.8. The topological polar surface area (TPSA) is 82.2 Å². The van der Waals surface area contributed by atoms with Crippen LogP contribution in [0.4, 0.5) is 11.4 Å². The Morgan fingerprint density at radius 3 is 2.23 bits per heavy atom. The van der Waals surface area contributed by atoms with Crippen LogP contribution in [0.1, 0.15) is 20.8 Å². The first-order valence-electron chi connectivity index (χ1n) is 9.22. The molecule has 0 spiro atoms. The first-order chi connectivity index (χ1) is 12.3. The van der Waals surface area contributed by atoms with Gasteiger partial charge >= 0.3 is 0 Å². The molecule has 0 aromatic heterocycles. The maximum atomic E-state index is 12.1. The Hall–Kier alpha value is -1.93. The summed E-state index contributed by atoms with van der Waals surface area (Å²) < 4.78 is 5.40. The largest absolute Gasteiger partial charge is 0.379 e. The van der Waals surface area contributed by atoms with Crippen LogP contribution in [0, 0.1) is 0 Å². The minimum Gasteiger partial charge on any atom is -0.379 e. The highest BCUT2D eigenvalue weighted by Gasteiger charge is 2.32. The van der Waals surface area contributed by atoms with Crippen LogP contribution in [0.15, 0.2) is 9.59 Å². The van der Waals surface area contributed by atoms with Crippen molar-refractivity contribution in [2.45, 2.75) is 26.3 Å². The Labute approximate surface area is 153 Å². The first kappa shape index (κ1) is 18.8. The van der Waals surface area contributed by atoms with Gasteiger partial charge in [0.15, 0.2) is 0 Å².